The largest absolute Gasteiger partial charge is 0.416 e. The van der Waals surface area contributed by atoms with Crippen molar-refractivity contribution >= 4 is 16.8 Å². The van der Waals surface area contributed by atoms with Gasteiger partial charge in [-0.3, -0.25) is 9.69 Å². The number of carbonyl (C=O) groups excluding carboxylic acids is 1. The van der Waals surface area contributed by atoms with Gasteiger partial charge in [0.05, 0.1) is 30.9 Å². The fraction of sp³-hybridized carbons (Fsp3) is 0.382. The average molecular weight is 594 g/mol. The maximum Gasteiger partial charge on any atom is 0.416 e. The molecule has 3 atom stereocenters. The van der Waals surface area contributed by atoms with E-state index in [0.29, 0.717) is 37.5 Å². The highest BCUT2D eigenvalue weighted by Crippen LogP contribution is 2.38. The number of aryl methyl sites for hydroxylation is 1. The molecule has 0 saturated heterocycles. The van der Waals surface area contributed by atoms with Crippen molar-refractivity contribution in [2.24, 2.45) is 13.0 Å². The Bertz CT molecular complexity index is 1600. The Balaban J connectivity index is 1.53. The lowest BCUT2D eigenvalue weighted by molar-refractivity contribution is -0.137. The van der Waals surface area contributed by atoms with Crippen LogP contribution in [0.2, 0.25) is 0 Å². The minimum Gasteiger partial charge on any atom is -0.394 e. The van der Waals surface area contributed by atoms with E-state index in [0.717, 1.165) is 33.7 Å². The molecule has 0 spiro atoms. The predicted molar refractivity (Wildman–Crippen MR) is 161 cm³/mol. The van der Waals surface area contributed by atoms with Gasteiger partial charge in [0.2, 0.25) is 0 Å². The van der Waals surface area contributed by atoms with Gasteiger partial charge in [0, 0.05) is 49.1 Å². The van der Waals surface area contributed by atoms with Gasteiger partial charge in [0.15, 0.2) is 0 Å². The lowest BCUT2D eigenvalue weighted by Crippen LogP contribution is -2.47. The molecule has 1 aromatic heterocycles. The molecule has 2 heterocycles. The third kappa shape index (κ3) is 6.34. The van der Waals surface area contributed by atoms with Gasteiger partial charge in [-0.25, -0.2) is 0 Å². The number of hydrogen-bond acceptors (Lipinski definition) is 4. The van der Waals surface area contributed by atoms with E-state index in [-0.39, 0.29) is 24.5 Å². The second-order valence-corrected chi connectivity index (χ2v) is 11.7. The van der Waals surface area contributed by atoms with Crippen molar-refractivity contribution in [3.05, 3.63) is 95.2 Å². The standard InChI is InChI=1S/C34H38F3N3O3/c1-22-17-40(23(2)20-41)33(42)32-31(28-14-7-8-15-29(28)39(32)4)27-13-6-5-11-25(27)21-43-30(22)19-38(3)18-24-10-9-12-26(16-24)34(35,36)37/h5-16,22-23,30,41H,17-21H2,1-4H3/t22-,23-,30-/m1/s1. The highest BCUT2D eigenvalue weighted by Gasteiger charge is 2.34. The Labute approximate surface area is 250 Å². The van der Waals surface area contributed by atoms with E-state index >= 15 is 0 Å². The number of amides is 1. The van der Waals surface area contributed by atoms with E-state index in [9.17, 15) is 23.1 Å². The van der Waals surface area contributed by atoms with Crippen molar-refractivity contribution in [1.82, 2.24) is 14.4 Å². The van der Waals surface area contributed by atoms with Crippen molar-refractivity contribution in [1.29, 1.82) is 0 Å². The van der Waals surface area contributed by atoms with Gasteiger partial charge >= 0.3 is 6.18 Å². The maximum absolute atomic E-state index is 14.4. The van der Waals surface area contributed by atoms with Crippen molar-refractivity contribution in [2.45, 2.75) is 45.3 Å². The van der Waals surface area contributed by atoms with Crippen LogP contribution in [0, 0.1) is 5.92 Å². The molecule has 5 rings (SSSR count). The monoisotopic (exact) mass is 593 g/mol. The third-order valence-electron chi connectivity index (χ3n) is 8.42. The molecule has 0 unspecified atom stereocenters. The molecule has 1 N–H and O–H groups in total. The van der Waals surface area contributed by atoms with Gasteiger partial charge in [-0.05, 0) is 42.8 Å². The van der Waals surface area contributed by atoms with Gasteiger partial charge in [-0.15, -0.1) is 0 Å². The molecule has 0 aliphatic carbocycles. The first-order valence-electron chi connectivity index (χ1n) is 14.5. The third-order valence-corrected chi connectivity index (χ3v) is 8.42. The summed E-state index contributed by atoms with van der Waals surface area (Å²) in [4.78, 5) is 18.1. The fourth-order valence-corrected chi connectivity index (χ4v) is 6.05. The second kappa shape index (κ2) is 12.5. The smallest absolute Gasteiger partial charge is 0.394 e. The van der Waals surface area contributed by atoms with E-state index in [4.69, 9.17) is 4.74 Å². The molecule has 0 saturated carbocycles. The first-order valence-corrected chi connectivity index (χ1v) is 14.5. The van der Waals surface area contributed by atoms with Crippen LogP contribution in [-0.2, 0) is 31.1 Å². The van der Waals surface area contributed by atoms with E-state index in [1.54, 1.807) is 11.0 Å². The number of alkyl halides is 3. The van der Waals surface area contributed by atoms with Crippen molar-refractivity contribution < 1.29 is 27.8 Å². The second-order valence-electron chi connectivity index (χ2n) is 11.7. The van der Waals surface area contributed by atoms with E-state index < -0.39 is 17.8 Å². The Hall–Kier alpha value is -3.66. The van der Waals surface area contributed by atoms with Crippen LogP contribution in [0.15, 0.2) is 72.8 Å². The van der Waals surface area contributed by atoms with Crippen LogP contribution in [0.25, 0.3) is 22.0 Å². The molecular formula is C34H38F3N3O3. The molecule has 0 fully saturated rings. The molecule has 1 aliphatic rings. The molecule has 1 amide bonds. The number of aliphatic hydroxyl groups excluding tert-OH is 1. The quantitative estimate of drug-likeness (QED) is 0.283. The van der Waals surface area contributed by atoms with Gasteiger partial charge < -0.3 is 19.3 Å². The topological polar surface area (TPSA) is 57.9 Å². The zero-order chi connectivity index (χ0) is 30.9. The highest BCUT2D eigenvalue weighted by atomic mass is 19.4. The highest BCUT2D eigenvalue weighted by molar-refractivity contribution is 6.10. The van der Waals surface area contributed by atoms with E-state index in [1.807, 2.05) is 85.9 Å². The minimum atomic E-state index is -4.41. The zero-order valence-electron chi connectivity index (χ0n) is 24.9. The number of aliphatic hydroxyl groups is 1. The summed E-state index contributed by atoms with van der Waals surface area (Å²) in [6.45, 7) is 5.02. The summed E-state index contributed by atoms with van der Waals surface area (Å²) in [5.41, 5.74) is 4.06. The van der Waals surface area contributed by atoms with E-state index in [2.05, 4.69) is 0 Å². The first-order chi connectivity index (χ1) is 20.5. The molecule has 1 aliphatic heterocycles. The number of aromatic nitrogens is 1. The SMILES string of the molecule is C[C@@H]1CN([C@H](C)CO)C(=O)c2c(c3ccccc3n2C)-c2ccccc2CO[C@@H]1CN(C)Cc1cccc(C(F)(F)F)c1. The summed E-state index contributed by atoms with van der Waals surface area (Å²) in [5, 5.41) is 11.1. The van der Waals surface area contributed by atoms with Crippen LogP contribution in [0.4, 0.5) is 13.2 Å². The molecule has 0 radical (unpaired) electrons. The minimum absolute atomic E-state index is 0.148. The molecule has 0 bridgehead atoms. The number of carbonyl (C=O) groups is 1. The van der Waals surface area contributed by atoms with Gasteiger partial charge in [-0.2, -0.15) is 13.2 Å². The number of likely N-dealkylation sites (N-methyl/N-ethyl adjacent to an activating group) is 1. The van der Waals surface area contributed by atoms with Crippen molar-refractivity contribution in [3.63, 3.8) is 0 Å². The molecule has 3 aromatic carbocycles. The number of para-hydroxylation sites is 1. The molecule has 4 aromatic rings. The normalized spacial score (nSPS) is 18.8. The average Bonchev–Trinajstić information content (AvgIpc) is 3.28. The summed E-state index contributed by atoms with van der Waals surface area (Å²) in [7, 11) is 3.76. The fourth-order valence-electron chi connectivity index (χ4n) is 6.05. The van der Waals surface area contributed by atoms with Crippen LogP contribution in [-0.4, -0.2) is 64.3 Å². The van der Waals surface area contributed by atoms with Crippen LogP contribution in [0.1, 0.15) is 41.0 Å². The first kappa shape index (κ1) is 30.8. The molecule has 228 valence electrons. The summed E-state index contributed by atoms with van der Waals surface area (Å²) < 4.78 is 48.4. The van der Waals surface area contributed by atoms with Gasteiger partial charge in [0.1, 0.15) is 5.69 Å². The van der Waals surface area contributed by atoms with Crippen molar-refractivity contribution in [3.8, 4) is 11.1 Å². The maximum atomic E-state index is 14.4. The number of rotatable bonds is 6. The molecule has 6 nitrogen and oxygen atoms in total. The Morgan fingerprint density at radius 2 is 1.79 bits per heavy atom. The number of benzene rings is 3. The lowest BCUT2D eigenvalue weighted by atomic mass is 9.96. The number of halogens is 3. The zero-order valence-corrected chi connectivity index (χ0v) is 24.9. The molecule has 9 heteroatoms. The van der Waals surface area contributed by atoms with E-state index in [1.165, 1.54) is 12.1 Å². The molecular weight excluding hydrogens is 555 g/mol. The van der Waals surface area contributed by atoms with Crippen molar-refractivity contribution in [2.75, 3.05) is 26.7 Å². The summed E-state index contributed by atoms with van der Waals surface area (Å²) in [6, 6.07) is 20.8. The number of ether oxygens (including phenoxy) is 1. The predicted octanol–water partition coefficient (Wildman–Crippen LogP) is 6.35. The Morgan fingerprint density at radius 3 is 2.53 bits per heavy atom. The van der Waals surface area contributed by atoms with Crippen LogP contribution >= 0.6 is 0 Å². The van der Waals surface area contributed by atoms with Gasteiger partial charge in [0.25, 0.3) is 5.91 Å². The van der Waals surface area contributed by atoms with Crippen LogP contribution < -0.4 is 0 Å². The Kier molecular flexibility index (Phi) is 8.96. The summed E-state index contributed by atoms with van der Waals surface area (Å²) in [5.74, 6) is -0.319. The summed E-state index contributed by atoms with van der Waals surface area (Å²) in [6.07, 6.45) is -4.75. The van der Waals surface area contributed by atoms with Crippen LogP contribution in [0.3, 0.4) is 0 Å². The van der Waals surface area contributed by atoms with Gasteiger partial charge in [-0.1, -0.05) is 67.6 Å². The number of fused-ring (bicyclic) bond motifs is 5. The molecule has 43 heavy (non-hydrogen) atoms. The summed E-state index contributed by atoms with van der Waals surface area (Å²) >= 11 is 0. The lowest BCUT2D eigenvalue weighted by Gasteiger charge is -2.35. The number of hydrogen-bond donors (Lipinski definition) is 1. The Morgan fingerprint density at radius 1 is 1.07 bits per heavy atom. The van der Waals surface area contributed by atoms with Crippen LogP contribution in [0.5, 0.6) is 0 Å². The number of nitrogens with zero attached hydrogens (tertiary/aromatic N) is 3.